The number of benzene rings is 2. The van der Waals surface area contributed by atoms with E-state index in [9.17, 15) is 0 Å². The van der Waals surface area contributed by atoms with E-state index in [0.29, 0.717) is 0 Å². The van der Waals surface area contributed by atoms with Crippen LogP contribution in [0.25, 0.3) is 10.1 Å². The summed E-state index contributed by atoms with van der Waals surface area (Å²) >= 11 is 1.81. The SMILES string of the molecule is CNC(c1ccc2c(c1)COC2)c1csc2ccccc12. The molecule has 3 heteroatoms. The third-order valence-corrected chi connectivity index (χ3v) is 5.17. The van der Waals surface area contributed by atoms with Crippen LogP contribution < -0.4 is 5.32 Å². The van der Waals surface area contributed by atoms with E-state index in [1.807, 2.05) is 18.4 Å². The number of hydrogen-bond donors (Lipinski definition) is 1. The van der Waals surface area contributed by atoms with Gasteiger partial charge < -0.3 is 10.1 Å². The van der Waals surface area contributed by atoms with Crippen molar-refractivity contribution in [3.8, 4) is 0 Å². The lowest BCUT2D eigenvalue weighted by atomic mass is 9.95. The van der Waals surface area contributed by atoms with Crippen LogP contribution in [0.4, 0.5) is 0 Å². The summed E-state index contributed by atoms with van der Waals surface area (Å²) in [4.78, 5) is 0. The Labute approximate surface area is 128 Å². The molecule has 0 fully saturated rings. The normalized spacial score (nSPS) is 15.3. The molecule has 0 aliphatic carbocycles. The number of hydrogen-bond acceptors (Lipinski definition) is 3. The molecule has 4 rings (SSSR count). The zero-order valence-electron chi connectivity index (χ0n) is 11.9. The van der Waals surface area contributed by atoms with Crippen molar-refractivity contribution in [3.63, 3.8) is 0 Å². The summed E-state index contributed by atoms with van der Waals surface area (Å²) in [6, 6.07) is 15.6. The molecule has 2 heterocycles. The highest BCUT2D eigenvalue weighted by molar-refractivity contribution is 7.17. The summed E-state index contributed by atoms with van der Waals surface area (Å²) < 4.78 is 6.87. The second-order valence-corrected chi connectivity index (χ2v) is 6.34. The van der Waals surface area contributed by atoms with E-state index in [1.165, 1.54) is 32.3 Å². The van der Waals surface area contributed by atoms with Gasteiger partial charge in [-0.1, -0.05) is 36.4 Å². The minimum atomic E-state index is 0.229. The third kappa shape index (κ3) is 2.18. The number of thiophene rings is 1. The van der Waals surface area contributed by atoms with Crippen molar-refractivity contribution in [1.82, 2.24) is 5.32 Å². The maximum atomic E-state index is 5.53. The highest BCUT2D eigenvalue weighted by Gasteiger charge is 2.19. The van der Waals surface area contributed by atoms with Crippen molar-refractivity contribution in [2.75, 3.05) is 7.05 Å². The molecule has 1 unspecified atom stereocenters. The van der Waals surface area contributed by atoms with Gasteiger partial charge in [0, 0.05) is 4.70 Å². The Morgan fingerprint density at radius 1 is 1.10 bits per heavy atom. The Bertz CT molecular complexity index is 793. The second-order valence-electron chi connectivity index (χ2n) is 5.43. The van der Waals surface area contributed by atoms with Gasteiger partial charge in [-0.3, -0.25) is 0 Å². The monoisotopic (exact) mass is 295 g/mol. The van der Waals surface area contributed by atoms with Gasteiger partial charge in [0.15, 0.2) is 0 Å². The van der Waals surface area contributed by atoms with Gasteiger partial charge >= 0.3 is 0 Å². The molecule has 21 heavy (non-hydrogen) atoms. The zero-order chi connectivity index (χ0) is 14.2. The van der Waals surface area contributed by atoms with Gasteiger partial charge in [-0.25, -0.2) is 0 Å². The largest absolute Gasteiger partial charge is 0.372 e. The van der Waals surface area contributed by atoms with E-state index in [2.05, 4.69) is 53.2 Å². The van der Waals surface area contributed by atoms with Crippen molar-refractivity contribution in [2.45, 2.75) is 19.3 Å². The summed E-state index contributed by atoms with van der Waals surface area (Å²) in [6.45, 7) is 1.49. The molecule has 1 N–H and O–H groups in total. The molecule has 0 spiro atoms. The van der Waals surface area contributed by atoms with Gasteiger partial charge in [-0.05, 0) is 46.1 Å². The molecular formula is C18H17NOS. The Morgan fingerprint density at radius 3 is 2.86 bits per heavy atom. The molecule has 1 aliphatic heterocycles. The van der Waals surface area contributed by atoms with Crippen LogP contribution in [0, 0.1) is 0 Å². The van der Waals surface area contributed by atoms with Crippen LogP contribution in [0.15, 0.2) is 47.8 Å². The number of fused-ring (bicyclic) bond motifs is 2. The predicted molar refractivity (Wildman–Crippen MR) is 87.7 cm³/mol. The quantitative estimate of drug-likeness (QED) is 0.780. The molecular weight excluding hydrogens is 278 g/mol. The van der Waals surface area contributed by atoms with E-state index in [1.54, 1.807) is 0 Å². The van der Waals surface area contributed by atoms with Gasteiger partial charge in [0.05, 0.1) is 19.3 Å². The van der Waals surface area contributed by atoms with Crippen LogP contribution in [0.3, 0.4) is 0 Å². The molecule has 2 aromatic carbocycles. The first kappa shape index (κ1) is 13.0. The van der Waals surface area contributed by atoms with Crippen LogP contribution in [0.1, 0.15) is 28.3 Å². The highest BCUT2D eigenvalue weighted by Crippen LogP contribution is 2.34. The molecule has 0 amide bonds. The number of nitrogens with one attached hydrogen (secondary N) is 1. The lowest BCUT2D eigenvalue weighted by Crippen LogP contribution is -2.17. The van der Waals surface area contributed by atoms with E-state index in [4.69, 9.17) is 4.74 Å². The molecule has 0 saturated heterocycles. The molecule has 106 valence electrons. The van der Waals surface area contributed by atoms with E-state index in [0.717, 1.165) is 13.2 Å². The van der Waals surface area contributed by atoms with E-state index >= 15 is 0 Å². The average molecular weight is 295 g/mol. The molecule has 1 aromatic heterocycles. The summed E-state index contributed by atoms with van der Waals surface area (Å²) in [5, 5.41) is 7.09. The summed E-state index contributed by atoms with van der Waals surface area (Å²) in [7, 11) is 2.03. The van der Waals surface area contributed by atoms with E-state index in [-0.39, 0.29) is 6.04 Å². The fourth-order valence-corrected chi connectivity index (χ4v) is 4.08. The molecule has 1 aliphatic rings. The van der Waals surface area contributed by atoms with Crippen LogP contribution in [0.2, 0.25) is 0 Å². The van der Waals surface area contributed by atoms with Crippen molar-refractivity contribution < 1.29 is 4.74 Å². The smallest absolute Gasteiger partial charge is 0.0725 e. The lowest BCUT2D eigenvalue weighted by Gasteiger charge is -2.17. The van der Waals surface area contributed by atoms with Crippen LogP contribution >= 0.6 is 11.3 Å². The van der Waals surface area contributed by atoms with Gasteiger partial charge in [0.2, 0.25) is 0 Å². The highest BCUT2D eigenvalue weighted by atomic mass is 32.1. The minimum Gasteiger partial charge on any atom is -0.372 e. The van der Waals surface area contributed by atoms with Crippen LogP contribution in [-0.2, 0) is 18.0 Å². The van der Waals surface area contributed by atoms with E-state index < -0.39 is 0 Å². The summed E-state index contributed by atoms with van der Waals surface area (Å²) in [5.74, 6) is 0. The molecule has 0 bridgehead atoms. The lowest BCUT2D eigenvalue weighted by molar-refractivity contribution is 0.134. The summed E-state index contributed by atoms with van der Waals surface area (Å²) in [5.41, 5.74) is 5.32. The minimum absolute atomic E-state index is 0.229. The first-order valence-corrected chi connectivity index (χ1v) is 8.07. The second kappa shape index (κ2) is 5.26. The first-order chi connectivity index (χ1) is 10.4. The fourth-order valence-electron chi connectivity index (χ4n) is 3.10. The van der Waals surface area contributed by atoms with Crippen molar-refractivity contribution in [1.29, 1.82) is 0 Å². The molecule has 0 saturated carbocycles. The first-order valence-electron chi connectivity index (χ1n) is 7.19. The van der Waals surface area contributed by atoms with Gasteiger partial charge in [-0.2, -0.15) is 0 Å². The predicted octanol–water partition coefficient (Wildman–Crippen LogP) is 4.24. The molecule has 1 atom stereocenters. The summed E-state index contributed by atoms with van der Waals surface area (Å²) in [6.07, 6.45) is 0. The topological polar surface area (TPSA) is 21.3 Å². The van der Waals surface area contributed by atoms with Gasteiger partial charge in [0.25, 0.3) is 0 Å². The number of ether oxygens (including phenoxy) is 1. The van der Waals surface area contributed by atoms with Crippen molar-refractivity contribution in [3.05, 3.63) is 70.1 Å². The maximum Gasteiger partial charge on any atom is 0.0725 e. The van der Waals surface area contributed by atoms with Gasteiger partial charge in [-0.15, -0.1) is 11.3 Å². The molecule has 0 radical (unpaired) electrons. The average Bonchev–Trinajstić information content (AvgIpc) is 3.15. The Hall–Kier alpha value is -1.68. The Kier molecular flexibility index (Phi) is 3.26. The van der Waals surface area contributed by atoms with Crippen molar-refractivity contribution in [2.24, 2.45) is 0 Å². The molecule has 3 aromatic rings. The Balaban J connectivity index is 1.81. The maximum absolute atomic E-state index is 5.53. The number of rotatable bonds is 3. The standard InChI is InChI=1S/C18H17NOS/c1-19-18(12-6-7-13-9-20-10-14(13)8-12)16-11-21-17-5-3-2-4-15(16)17/h2-8,11,18-19H,9-10H2,1H3. The van der Waals surface area contributed by atoms with Crippen LogP contribution in [0.5, 0.6) is 0 Å². The van der Waals surface area contributed by atoms with Crippen molar-refractivity contribution >= 4 is 21.4 Å². The van der Waals surface area contributed by atoms with Crippen LogP contribution in [-0.4, -0.2) is 7.05 Å². The Morgan fingerprint density at radius 2 is 1.95 bits per heavy atom. The molecule has 2 nitrogen and oxygen atoms in total. The zero-order valence-corrected chi connectivity index (χ0v) is 12.7. The third-order valence-electron chi connectivity index (χ3n) is 4.19. The van der Waals surface area contributed by atoms with Gasteiger partial charge in [0.1, 0.15) is 0 Å². The fraction of sp³-hybridized carbons (Fsp3) is 0.222.